The highest BCUT2D eigenvalue weighted by Crippen LogP contribution is 2.23. The van der Waals surface area contributed by atoms with Gasteiger partial charge in [-0.1, -0.05) is 29.8 Å². The molecule has 0 spiro atoms. The molecule has 0 aromatic heterocycles. The van der Waals surface area contributed by atoms with Gasteiger partial charge in [0.2, 0.25) is 0 Å². The van der Waals surface area contributed by atoms with E-state index in [4.69, 9.17) is 16.3 Å². The SMILES string of the molecule is COc1ccc(CCNC(=O)/C(C#N)=C\Nc2cccc(Cl)c2C)cc1. The van der Waals surface area contributed by atoms with Gasteiger partial charge in [0.1, 0.15) is 17.4 Å². The number of halogens is 1. The molecule has 5 nitrogen and oxygen atoms in total. The van der Waals surface area contributed by atoms with Crippen molar-refractivity contribution in [2.75, 3.05) is 19.0 Å². The van der Waals surface area contributed by atoms with Crippen LogP contribution in [0.25, 0.3) is 0 Å². The molecule has 0 saturated heterocycles. The van der Waals surface area contributed by atoms with Gasteiger partial charge in [0.15, 0.2) is 0 Å². The van der Waals surface area contributed by atoms with Gasteiger partial charge in [0, 0.05) is 23.5 Å². The Balaban J connectivity index is 1.91. The molecule has 0 fully saturated rings. The van der Waals surface area contributed by atoms with Crippen LogP contribution in [-0.2, 0) is 11.2 Å². The predicted molar refractivity (Wildman–Crippen MR) is 103 cm³/mol. The number of hydrogen-bond acceptors (Lipinski definition) is 4. The van der Waals surface area contributed by atoms with Crippen LogP contribution in [0.2, 0.25) is 5.02 Å². The molecule has 0 bridgehead atoms. The molecule has 0 radical (unpaired) electrons. The summed E-state index contributed by atoms with van der Waals surface area (Å²) in [7, 11) is 1.61. The molecule has 0 aliphatic rings. The van der Waals surface area contributed by atoms with Crippen molar-refractivity contribution in [3.05, 3.63) is 70.4 Å². The van der Waals surface area contributed by atoms with E-state index >= 15 is 0 Å². The maximum absolute atomic E-state index is 12.2. The van der Waals surface area contributed by atoms with E-state index in [1.54, 1.807) is 19.2 Å². The lowest BCUT2D eigenvalue weighted by Gasteiger charge is -2.08. The van der Waals surface area contributed by atoms with Crippen LogP contribution in [0.3, 0.4) is 0 Å². The molecule has 0 atom stereocenters. The molecule has 26 heavy (non-hydrogen) atoms. The number of carbonyl (C=O) groups excluding carboxylic acids is 1. The number of rotatable bonds is 7. The summed E-state index contributed by atoms with van der Waals surface area (Å²) in [4.78, 5) is 12.2. The number of anilines is 1. The predicted octanol–water partition coefficient (Wildman–Crippen LogP) is 3.84. The highest BCUT2D eigenvalue weighted by atomic mass is 35.5. The maximum Gasteiger partial charge on any atom is 0.263 e. The van der Waals surface area contributed by atoms with Gasteiger partial charge in [-0.05, 0) is 48.7 Å². The van der Waals surface area contributed by atoms with E-state index in [0.717, 1.165) is 22.6 Å². The lowest BCUT2D eigenvalue weighted by molar-refractivity contribution is -0.117. The number of ether oxygens (including phenoxy) is 1. The van der Waals surface area contributed by atoms with Gasteiger partial charge in [-0.3, -0.25) is 4.79 Å². The molecule has 0 heterocycles. The van der Waals surface area contributed by atoms with E-state index in [1.807, 2.05) is 43.3 Å². The number of amides is 1. The number of nitrogens with zero attached hydrogens (tertiary/aromatic N) is 1. The molecule has 2 aromatic carbocycles. The second kappa shape index (κ2) is 9.50. The van der Waals surface area contributed by atoms with Gasteiger partial charge in [-0.2, -0.15) is 5.26 Å². The van der Waals surface area contributed by atoms with Crippen molar-refractivity contribution in [2.45, 2.75) is 13.3 Å². The fourth-order valence-corrected chi connectivity index (χ4v) is 2.44. The molecule has 0 saturated carbocycles. The van der Waals surface area contributed by atoms with E-state index in [0.29, 0.717) is 18.0 Å². The van der Waals surface area contributed by atoms with Crippen LogP contribution < -0.4 is 15.4 Å². The van der Waals surface area contributed by atoms with Gasteiger partial charge in [0.05, 0.1) is 7.11 Å². The van der Waals surface area contributed by atoms with Crippen molar-refractivity contribution in [2.24, 2.45) is 0 Å². The highest BCUT2D eigenvalue weighted by Gasteiger charge is 2.09. The normalized spacial score (nSPS) is 10.8. The Kier molecular flexibility index (Phi) is 7.07. The number of nitrogens with one attached hydrogen (secondary N) is 2. The van der Waals surface area contributed by atoms with Crippen LogP contribution in [0, 0.1) is 18.3 Å². The largest absolute Gasteiger partial charge is 0.497 e. The highest BCUT2D eigenvalue weighted by molar-refractivity contribution is 6.31. The Morgan fingerprint density at radius 1 is 1.27 bits per heavy atom. The summed E-state index contributed by atoms with van der Waals surface area (Å²) in [5.74, 6) is 0.364. The summed E-state index contributed by atoms with van der Waals surface area (Å²) >= 11 is 6.06. The first-order valence-electron chi connectivity index (χ1n) is 8.08. The molecule has 6 heteroatoms. The first-order valence-corrected chi connectivity index (χ1v) is 8.46. The number of benzene rings is 2. The zero-order chi connectivity index (χ0) is 18.9. The number of methoxy groups -OCH3 is 1. The third kappa shape index (κ3) is 5.27. The van der Waals surface area contributed by atoms with Gasteiger partial charge < -0.3 is 15.4 Å². The Morgan fingerprint density at radius 3 is 2.65 bits per heavy atom. The second-order valence-electron chi connectivity index (χ2n) is 5.58. The van der Waals surface area contributed by atoms with Crippen molar-refractivity contribution in [3.63, 3.8) is 0 Å². The Labute approximate surface area is 158 Å². The summed E-state index contributed by atoms with van der Waals surface area (Å²) in [6.45, 7) is 2.29. The second-order valence-corrected chi connectivity index (χ2v) is 5.99. The van der Waals surface area contributed by atoms with Crippen molar-refractivity contribution >= 4 is 23.2 Å². The maximum atomic E-state index is 12.2. The van der Waals surface area contributed by atoms with E-state index in [1.165, 1.54) is 6.20 Å². The molecular weight excluding hydrogens is 350 g/mol. The molecular formula is C20H20ClN3O2. The third-order valence-corrected chi connectivity index (χ3v) is 4.27. The molecule has 2 aromatic rings. The number of carbonyl (C=O) groups is 1. The monoisotopic (exact) mass is 369 g/mol. The van der Waals surface area contributed by atoms with Gasteiger partial charge in [-0.15, -0.1) is 0 Å². The lowest BCUT2D eigenvalue weighted by atomic mass is 10.1. The number of nitriles is 1. The zero-order valence-corrected chi connectivity index (χ0v) is 15.4. The minimum Gasteiger partial charge on any atom is -0.497 e. The van der Waals surface area contributed by atoms with Crippen molar-refractivity contribution in [3.8, 4) is 11.8 Å². The Bertz CT molecular complexity index is 839. The van der Waals surface area contributed by atoms with Crippen LogP contribution in [0.5, 0.6) is 5.75 Å². The molecule has 0 aliphatic carbocycles. The van der Waals surface area contributed by atoms with Crippen molar-refractivity contribution in [1.82, 2.24) is 5.32 Å². The van der Waals surface area contributed by atoms with Crippen LogP contribution in [0.1, 0.15) is 11.1 Å². The molecule has 0 aliphatic heterocycles. The first-order chi connectivity index (χ1) is 12.5. The first kappa shape index (κ1) is 19.4. The fraction of sp³-hybridized carbons (Fsp3) is 0.200. The van der Waals surface area contributed by atoms with E-state index in [9.17, 15) is 10.1 Å². The summed E-state index contributed by atoms with van der Waals surface area (Å²) in [5.41, 5.74) is 2.67. The smallest absolute Gasteiger partial charge is 0.263 e. The van der Waals surface area contributed by atoms with Gasteiger partial charge in [0.25, 0.3) is 5.91 Å². The average Bonchev–Trinajstić information content (AvgIpc) is 2.66. The lowest BCUT2D eigenvalue weighted by Crippen LogP contribution is -2.27. The summed E-state index contributed by atoms with van der Waals surface area (Å²) in [6.07, 6.45) is 2.05. The van der Waals surface area contributed by atoms with Crippen LogP contribution in [0.15, 0.2) is 54.2 Å². The van der Waals surface area contributed by atoms with Gasteiger partial charge in [-0.25, -0.2) is 0 Å². The minimum absolute atomic E-state index is 0.000827. The standard InChI is InChI=1S/C20H20ClN3O2/c1-14-18(21)4-3-5-19(14)24-13-16(12-22)20(25)23-11-10-15-6-8-17(26-2)9-7-15/h3-9,13,24H,10-11H2,1-2H3,(H,23,25)/b16-13-. The molecule has 2 rings (SSSR count). The van der Waals surface area contributed by atoms with E-state index < -0.39 is 5.91 Å². The van der Waals surface area contributed by atoms with Crippen LogP contribution >= 0.6 is 11.6 Å². The minimum atomic E-state index is -0.423. The summed E-state index contributed by atoms with van der Waals surface area (Å²) < 4.78 is 5.11. The van der Waals surface area contributed by atoms with Gasteiger partial charge >= 0.3 is 0 Å². The zero-order valence-electron chi connectivity index (χ0n) is 14.7. The Morgan fingerprint density at radius 2 is 2.00 bits per heavy atom. The summed E-state index contributed by atoms with van der Waals surface area (Å²) in [6, 6.07) is 14.9. The van der Waals surface area contributed by atoms with Crippen LogP contribution in [0.4, 0.5) is 5.69 Å². The van der Waals surface area contributed by atoms with Crippen molar-refractivity contribution in [1.29, 1.82) is 5.26 Å². The van der Waals surface area contributed by atoms with Crippen molar-refractivity contribution < 1.29 is 9.53 Å². The van der Waals surface area contributed by atoms with E-state index in [2.05, 4.69) is 10.6 Å². The Hall–Kier alpha value is -2.97. The number of hydrogen-bond donors (Lipinski definition) is 2. The van der Waals surface area contributed by atoms with E-state index in [-0.39, 0.29) is 5.57 Å². The fourth-order valence-electron chi connectivity index (χ4n) is 2.27. The molecule has 1 amide bonds. The average molecular weight is 370 g/mol. The quantitative estimate of drug-likeness (QED) is 0.574. The third-order valence-electron chi connectivity index (χ3n) is 3.86. The van der Waals surface area contributed by atoms with Crippen LogP contribution in [-0.4, -0.2) is 19.6 Å². The molecule has 2 N–H and O–H groups in total. The molecule has 0 unspecified atom stereocenters. The molecule has 134 valence electrons. The topological polar surface area (TPSA) is 74.1 Å². The summed E-state index contributed by atoms with van der Waals surface area (Å²) in [5, 5.41) is 15.5.